The van der Waals surface area contributed by atoms with Gasteiger partial charge in [-0.1, -0.05) is 46.3 Å². The summed E-state index contributed by atoms with van der Waals surface area (Å²) in [5, 5.41) is 0. The first kappa shape index (κ1) is 12.4. The van der Waals surface area contributed by atoms with Gasteiger partial charge < -0.3 is 17.0 Å². The first-order valence-electron chi connectivity index (χ1n) is 4.53. The van der Waals surface area contributed by atoms with Crippen LogP contribution in [0.5, 0.6) is 0 Å². The fourth-order valence-corrected chi connectivity index (χ4v) is 1.58. The first-order chi connectivity index (χ1) is 6.84. The molecule has 0 aliphatic carbocycles. The molecular weight excluding hydrogens is 318 g/mol. The summed E-state index contributed by atoms with van der Waals surface area (Å²) in [6.45, 7) is 0.925. The van der Waals surface area contributed by atoms with E-state index in [-0.39, 0.29) is 17.0 Å². The molecular formula is C12H11Br2N. The van der Waals surface area contributed by atoms with Gasteiger partial charge in [0.2, 0.25) is 0 Å². The third kappa shape index (κ3) is 3.76. The molecule has 0 N–H and O–H groups in total. The van der Waals surface area contributed by atoms with Gasteiger partial charge in [-0.15, -0.1) is 0 Å². The second kappa shape index (κ2) is 6.03. The molecule has 0 aliphatic heterocycles. The Morgan fingerprint density at radius 3 is 2.13 bits per heavy atom. The molecule has 2 aromatic rings. The minimum Gasteiger partial charge on any atom is -1.00 e. The van der Waals surface area contributed by atoms with Gasteiger partial charge >= 0.3 is 0 Å². The summed E-state index contributed by atoms with van der Waals surface area (Å²) in [7, 11) is 0. The predicted octanol–water partition coefficient (Wildman–Crippen LogP) is -0.211. The Hall–Kier alpha value is -0.670. The Bertz CT molecular complexity index is 398. The maximum absolute atomic E-state index is 3.42. The normalized spacial score (nSPS) is 9.40. The maximum Gasteiger partial charge on any atom is 0.173 e. The van der Waals surface area contributed by atoms with Crippen LogP contribution in [-0.2, 0) is 6.54 Å². The van der Waals surface area contributed by atoms with E-state index in [0.29, 0.717) is 0 Å². The number of rotatable bonds is 2. The standard InChI is InChI=1S/C12H11BrN.BrH/c13-12-6-8-14(9-7-12)10-11-4-2-1-3-5-11;/h1-9H,10H2;1H/q+1;/p-1. The van der Waals surface area contributed by atoms with Crippen molar-refractivity contribution < 1.29 is 21.5 Å². The number of aromatic nitrogens is 1. The molecule has 0 atom stereocenters. The first-order valence-corrected chi connectivity index (χ1v) is 5.32. The molecule has 2 rings (SSSR count). The fraction of sp³-hybridized carbons (Fsp3) is 0.0833. The Kier molecular flexibility index (Phi) is 4.99. The molecule has 0 saturated heterocycles. The van der Waals surface area contributed by atoms with Crippen molar-refractivity contribution in [3.8, 4) is 0 Å². The SMILES string of the molecule is Brc1cc[n+](Cc2ccccc2)cc1.[Br-]. The van der Waals surface area contributed by atoms with E-state index in [1.807, 2.05) is 18.2 Å². The third-order valence-corrected chi connectivity index (χ3v) is 2.59. The van der Waals surface area contributed by atoms with E-state index < -0.39 is 0 Å². The maximum atomic E-state index is 3.42. The lowest BCUT2D eigenvalue weighted by Crippen LogP contribution is -3.00. The zero-order valence-electron chi connectivity index (χ0n) is 8.11. The molecule has 1 heterocycles. The lowest BCUT2D eigenvalue weighted by molar-refractivity contribution is -0.688. The predicted molar refractivity (Wildman–Crippen MR) is 59.9 cm³/mol. The Labute approximate surface area is 109 Å². The zero-order chi connectivity index (χ0) is 9.80. The van der Waals surface area contributed by atoms with Gasteiger partial charge in [0, 0.05) is 22.2 Å². The van der Waals surface area contributed by atoms with E-state index in [2.05, 4.69) is 57.2 Å². The van der Waals surface area contributed by atoms with Gasteiger partial charge in [0.1, 0.15) is 0 Å². The van der Waals surface area contributed by atoms with Crippen LogP contribution in [0.4, 0.5) is 0 Å². The van der Waals surface area contributed by atoms with Gasteiger partial charge in [-0.25, -0.2) is 4.57 Å². The third-order valence-electron chi connectivity index (χ3n) is 2.06. The van der Waals surface area contributed by atoms with E-state index >= 15 is 0 Å². The van der Waals surface area contributed by atoms with E-state index in [4.69, 9.17) is 0 Å². The smallest absolute Gasteiger partial charge is 0.173 e. The molecule has 0 radical (unpaired) electrons. The van der Waals surface area contributed by atoms with Crippen LogP contribution in [0.3, 0.4) is 0 Å². The molecule has 0 saturated carbocycles. The summed E-state index contributed by atoms with van der Waals surface area (Å²) in [6.07, 6.45) is 4.13. The van der Waals surface area contributed by atoms with Gasteiger partial charge in [-0.05, 0) is 0 Å². The second-order valence-electron chi connectivity index (χ2n) is 3.17. The van der Waals surface area contributed by atoms with Gasteiger partial charge in [-0.3, -0.25) is 0 Å². The van der Waals surface area contributed by atoms with Crippen LogP contribution in [0.2, 0.25) is 0 Å². The largest absolute Gasteiger partial charge is 1.00 e. The summed E-state index contributed by atoms with van der Waals surface area (Å²) in [6, 6.07) is 14.5. The molecule has 0 fully saturated rings. The topological polar surface area (TPSA) is 3.88 Å². The number of benzene rings is 1. The number of hydrogen-bond donors (Lipinski definition) is 0. The van der Waals surface area contributed by atoms with Crippen LogP contribution in [0.25, 0.3) is 0 Å². The van der Waals surface area contributed by atoms with Crippen molar-refractivity contribution in [1.29, 1.82) is 0 Å². The molecule has 0 unspecified atom stereocenters. The highest BCUT2D eigenvalue weighted by atomic mass is 79.9. The summed E-state index contributed by atoms with van der Waals surface area (Å²) in [5.41, 5.74) is 1.32. The average molecular weight is 329 g/mol. The van der Waals surface area contributed by atoms with Gasteiger partial charge in [0.15, 0.2) is 18.9 Å². The number of nitrogens with zero attached hydrogens (tertiary/aromatic N) is 1. The highest BCUT2D eigenvalue weighted by Crippen LogP contribution is 2.04. The Balaban J connectivity index is 0.00000112. The summed E-state index contributed by atoms with van der Waals surface area (Å²) >= 11 is 3.42. The van der Waals surface area contributed by atoms with E-state index in [1.54, 1.807) is 0 Å². The molecule has 0 spiro atoms. The van der Waals surface area contributed by atoms with Crippen molar-refractivity contribution in [1.82, 2.24) is 0 Å². The van der Waals surface area contributed by atoms with Crippen molar-refractivity contribution in [2.75, 3.05) is 0 Å². The lowest BCUT2D eigenvalue weighted by atomic mass is 10.2. The van der Waals surface area contributed by atoms with Crippen molar-refractivity contribution in [3.05, 3.63) is 64.9 Å². The van der Waals surface area contributed by atoms with E-state index in [0.717, 1.165) is 11.0 Å². The Morgan fingerprint density at radius 2 is 1.53 bits per heavy atom. The monoisotopic (exact) mass is 327 g/mol. The molecule has 15 heavy (non-hydrogen) atoms. The highest BCUT2D eigenvalue weighted by Gasteiger charge is 2.00. The molecule has 0 aliphatic rings. The second-order valence-corrected chi connectivity index (χ2v) is 4.09. The molecule has 0 bridgehead atoms. The number of hydrogen-bond acceptors (Lipinski definition) is 0. The molecule has 1 aromatic carbocycles. The summed E-state index contributed by atoms with van der Waals surface area (Å²) < 4.78 is 3.27. The van der Waals surface area contributed by atoms with E-state index in [9.17, 15) is 0 Å². The molecule has 1 aromatic heterocycles. The van der Waals surface area contributed by atoms with Crippen molar-refractivity contribution >= 4 is 15.9 Å². The molecule has 1 nitrogen and oxygen atoms in total. The van der Waals surface area contributed by atoms with Crippen LogP contribution >= 0.6 is 15.9 Å². The minimum absolute atomic E-state index is 0. The molecule has 78 valence electrons. The van der Waals surface area contributed by atoms with E-state index in [1.165, 1.54) is 5.56 Å². The fourth-order valence-electron chi connectivity index (χ4n) is 1.34. The van der Waals surface area contributed by atoms with Crippen LogP contribution in [-0.4, -0.2) is 0 Å². The van der Waals surface area contributed by atoms with Crippen molar-refractivity contribution in [3.63, 3.8) is 0 Å². The van der Waals surface area contributed by atoms with Gasteiger partial charge in [0.25, 0.3) is 0 Å². The van der Waals surface area contributed by atoms with Crippen LogP contribution in [0.15, 0.2) is 59.3 Å². The lowest BCUT2D eigenvalue weighted by Gasteiger charge is -1.96. The highest BCUT2D eigenvalue weighted by molar-refractivity contribution is 9.10. The van der Waals surface area contributed by atoms with Crippen LogP contribution in [0, 0.1) is 0 Å². The number of halogens is 2. The van der Waals surface area contributed by atoms with Crippen molar-refractivity contribution in [2.45, 2.75) is 6.54 Å². The zero-order valence-corrected chi connectivity index (χ0v) is 11.3. The van der Waals surface area contributed by atoms with Crippen LogP contribution < -0.4 is 21.5 Å². The quantitative estimate of drug-likeness (QED) is 0.672. The van der Waals surface area contributed by atoms with Gasteiger partial charge in [-0.2, -0.15) is 0 Å². The number of pyridine rings is 1. The Morgan fingerprint density at radius 1 is 0.933 bits per heavy atom. The summed E-state index contributed by atoms with van der Waals surface area (Å²) in [5.74, 6) is 0. The molecule has 0 amide bonds. The molecule has 3 heteroatoms. The summed E-state index contributed by atoms with van der Waals surface area (Å²) in [4.78, 5) is 0. The average Bonchev–Trinajstić information content (AvgIpc) is 2.23. The minimum atomic E-state index is 0. The van der Waals surface area contributed by atoms with Crippen molar-refractivity contribution in [2.24, 2.45) is 0 Å². The van der Waals surface area contributed by atoms with Gasteiger partial charge in [0.05, 0.1) is 0 Å². The van der Waals surface area contributed by atoms with Crippen LogP contribution in [0.1, 0.15) is 5.56 Å².